The van der Waals surface area contributed by atoms with Crippen LogP contribution in [0.5, 0.6) is 0 Å². The molecule has 288 valence electrons. The van der Waals surface area contributed by atoms with Gasteiger partial charge in [-0.1, -0.05) is 196 Å². The minimum Gasteiger partial charge on any atom is -0.262 e. The maximum atomic E-state index is 5.53. The van der Waals surface area contributed by atoms with Gasteiger partial charge in [-0.25, -0.2) is 4.99 Å². The molecule has 0 amide bonds. The number of allylic oxidation sites excluding steroid dienone is 4. The minimum absolute atomic E-state index is 0.0000455. The molecule has 1 spiro atoms. The summed E-state index contributed by atoms with van der Waals surface area (Å²) >= 11 is 0. The number of rotatable bonds is 9. The summed E-state index contributed by atoms with van der Waals surface area (Å²) in [7, 11) is 0. The third-order valence-corrected chi connectivity index (χ3v) is 13.7. The number of fused-ring (bicyclic) bond motifs is 11. The number of amidine groups is 1. The van der Waals surface area contributed by atoms with Crippen molar-refractivity contribution in [2.24, 2.45) is 15.9 Å². The highest BCUT2D eigenvalue weighted by molar-refractivity contribution is 6.11. The Labute approximate surface area is 353 Å². The summed E-state index contributed by atoms with van der Waals surface area (Å²) in [4.78, 5) is 11.1. The van der Waals surface area contributed by atoms with Crippen molar-refractivity contribution in [1.82, 2.24) is 0 Å². The van der Waals surface area contributed by atoms with Gasteiger partial charge in [-0.05, 0) is 108 Å². The molecule has 2 nitrogen and oxygen atoms in total. The second kappa shape index (κ2) is 14.4. The third-order valence-electron chi connectivity index (χ3n) is 13.7. The van der Waals surface area contributed by atoms with E-state index in [0.717, 1.165) is 30.8 Å². The largest absolute Gasteiger partial charge is 0.262 e. The van der Waals surface area contributed by atoms with E-state index in [2.05, 4.69) is 196 Å². The standard InChI is InChI=1S/C58H46N2/c1-4-41-45-27-15-17-30-50(45)58(49(41)6-3)51-31-18-16-29-48(51)55-52(58)34-32-47-44(43-26-13-14-28-46(43)54(47)55)33-35-53-59-56(38-22-11-8-12-23-38)42(5-2)57(60-53)40-25-19-24-39(36-40)37-20-9-7-10-21-37/h4,6-32,34,36,42,44,56H,1,3,5,33,35H2,2H3. The van der Waals surface area contributed by atoms with Gasteiger partial charge in [0.25, 0.3) is 0 Å². The fourth-order valence-electron chi connectivity index (χ4n) is 11.3. The minimum atomic E-state index is -0.460. The van der Waals surface area contributed by atoms with Gasteiger partial charge in [-0.2, -0.15) is 0 Å². The van der Waals surface area contributed by atoms with E-state index in [1.807, 2.05) is 6.08 Å². The predicted octanol–water partition coefficient (Wildman–Crippen LogP) is 14.4. The molecule has 0 bridgehead atoms. The van der Waals surface area contributed by atoms with E-state index in [-0.39, 0.29) is 17.9 Å². The van der Waals surface area contributed by atoms with Gasteiger partial charge in [-0.15, -0.1) is 0 Å². The molecule has 4 unspecified atom stereocenters. The SMILES string of the molecule is C=CC1=C(C=C)C2(c3ccccc31)c1ccccc1-c1c2ccc2c1-c1ccccc1C2CCC1=NC(c2ccccc2)C(CC)C(c2cccc(-c3ccccc3)c2)=N1. The lowest BCUT2D eigenvalue weighted by atomic mass is 9.69. The van der Waals surface area contributed by atoms with Gasteiger partial charge in [0, 0.05) is 18.3 Å². The van der Waals surface area contributed by atoms with Crippen molar-refractivity contribution in [1.29, 1.82) is 0 Å². The third kappa shape index (κ3) is 5.26. The lowest BCUT2D eigenvalue weighted by Gasteiger charge is -2.31. The van der Waals surface area contributed by atoms with Crippen molar-refractivity contribution < 1.29 is 0 Å². The van der Waals surface area contributed by atoms with Gasteiger partial charge < -0.3 is 0 Å². The van der Waals surface area contributed by atoms with E-state index in [0.29, 0.717) is 0 Å². The van der Waals surface area contributed by atoms with Crippen molar-refractivity contribution in [3.63, 3.8) is 0 Å². The number of benzene rings is 7. The van der Waals surface area contributed by atoms with Crippen LogP contribution in [0.15, 0.2) is 211 Å². The zero-order valence-electron chi connectivity index (χ0n) is 34.0. The van der Waals surface area contributed by atoms with E-state index >= 15 is 0 Å². The smallest absolute Gasteiger partial charge is 0.124 e. The average molecular weight is 771 g/mol. The molecule has 60 heavy (non-hydrogen) atoms. The van der Waals surface area contributed by atoms with Gasteiger partial charge >= 0.3 is 0 Å². The van der Waals surface area contributed by atoms with Crippen molar-refractivity contribution in [2.45, 2.75) is 43.6 Å². The number of nitrogens with zero attached hydrogens (tertiary/aromatic N) is 2. The first kappa shape index (κ1) is 36.2. The predicted molar refractivity (Wildman–Crippen MR) is 251 cm³/mol. The van der Waals surface area contributed by atoms with Crippen molar-refractivity contribution in [3.05, 3.63) is 245 Å². The van der Waals surface area contributed by atoms with Crippen LogP contribution < -0.4 is 0 Å². The molecule has 0 aromatic heterocycles. The summed E-state index contributed by atoms with van der Waals surface area (Å²) in [6.07, 6.45) is 6.74. The molecule has 3 aliphatic carbocycles. The van der Waals surface area contributed by atoms with Crippen LogP contribution in [0.2, 0.25) is 0 Å². The van der Waals surface area contributed by atoms with Crippen LogP contribution in [0.3, 0.4) is 0 Å². The summed E-state index contributed by atoms with van der Waals surface area (Å²) < 4.78 is 0. The van der Waals surface area contributed by atoms with E-state index in [9.17, 15) is 0 Å². The Bertz CT molecular complexity index is 2960. The zero-order chi connectivity index (χ0) is 40.4. The summed E-state index contributed by atoms with van der Waals surface area (Å²) in [6, 6.07) is 62.4. The Morgan fingerprint density at radius 2 is 1.22 bits per heavy atom. The summed E-state index contributed by atoms with van der Waals surface area (Å²) in [5.41, 5.74) is 21.2. The van der Waals surface area contributed by atoms with Crippen LogP contribution in [0.1, 0.15) is 82.7 Å². The molecule has 0 fully saturated rings. The first-order chi connectivity index (χ1) is 29.6. The molecule has 0 radical (unpaired) electrons. The van der Waals surface area contributed by atoms with Gasteiger partial charge in [0.1, 0.15) is 5.84 Å². The summed E-state index contributed by atoms with van der Waals surface area (Å²) in [6.45, 7) is 11.0. The molecule has 7 aromatic carbocycles. The van der Waals surface area contributed by atoms with E-state index in [1.165, 1.54) is 89.0 Å². The fourth-order valence-corrected chi connectivity index (χ4v) is 11.3. The normalized spacial score (nSPS) is 20.4. The molecule has 0 N–H and O–H groups in total. The quantitative estimate of drug-likeness (QED) is 0.140. The molecule has 1 aliphatic heterocycles. The van der Waals surface area contributed by atoms with Crippen LogP contribution >= 0.6 is 0 Å². The Morgan fingerprint density at radius 3 is 1.97 bits per heavy atom. The first-order valence-electron chi connectivity index (χ1n) is 21.5. The molecule has 7 aromatic rings. The van der Waals surface area contributed by atoms with E-state index < -0.39 is 5.41 Å². The maximum absolute atomic E-state index is 5.53. The maximum Gasteiger partial charge on any atom is 0.124 e. The second-order valence-corrected chi connectivity index (χ2v) is 16.6. The molecule has 4 atom stereocenters. The van der Waals surface area contributed by atoms with E-state index in [1.54, 1.807) is 0 Å². The van der Waals surface area contributed by atoms with Crippen molar-refractivity contribution >= 4 is 17.1 Å². The topological polar surface area (TPSA) is 24.7 Å². The van der Waals surface area contributed by atoms with Gasteiger partial charge in [0.05, 0.1) is 17.2 Å². The molecule has 11 rings (SSSR count). The lowest BCUT2D eigenvalue weighted by Crippen LogP contribution is -2.28. The van der Waals surface area contributed by atoms with Crippen LogP contribution in [0.4, 0.5) is 0 Å². The Kier molecular flexibility index (Phi) is 8.71. The molecule has 0 saturated heterocycles. The second-order valence-electron chi connectivity index (χ2n) is 16.6. The molecule has 4 aliphatic rings. The summed E-state index contributed by atoms with van der Waals surface area (Å²) in [5, 5.41) is 0. The van der Waals surface area contributed by atoms with Gasteiger partial charge in [-0.3, -0.25) is 4.99 Å². The number of hydrogen-bond donors (Lipinski definition) is 0. The highest BCUT2D eigenvalue weighted by Gasteiger charge is 2.53. The monoisotopic (exact) mass is 770 g/mol. The first-order valence-corrected chi connectivity index (χ1v) is 21.5. The van der Waals surface area contributed by atoms with Gasteiger partial charge in [0.2, 0.25) is 0 Å². The van der Waals surface area contributed by atoms with Crippen LogP contribution in [0.25, 0.3) is 39.0 Å². The molecular weight excluding hydrogens is 725 g/mol. The fraction of sp³-hybridized carbons (Fsp3) is 0.138. The zero-order valence-corrected chi connectivity index (χ0v) is 34.0. The van der Waals surface area contributed by atoms with Crippen LogP contribution in [-0.4, -0.2) is 11.5 Å². The number of aliphatic imine (C=N–C) groups is 2. The summed E-state index contributed by atoms with van der Waals surface area (Å²) in [5.74, 6) is 1.31. The Hall–Kier alpha value is -6.90. The van der Waals surface area contributed by atoms with Crippen LogP contribution in [0, 0.1) is 5.92 Å². The van der Waals surface area contributed by atoms with Crippen molar-refractivity contribution in [3.8, 4) is 33.4 Å². The highest BCUT2D eigenvalue weighted by atomic mass is 15.0. The number of hydrogen-bond acceptors (Lipinski definition) is 2. The molecule has 0 saturated carbocycles. The van der Waals surface area contributed by atoms with Gasteiger partial charge in [0.15, 0.2) is 0 Å². The Balaban J connectivity index is 1.03. The molecular formula is C58H46N2. The Morgan fingerprint density at radius 1 is 0.567 bits per heavy atom. The van der Waals surface area contributed by atoms with Crippen molar-refractivity contribution in [2.75, 3.05) is 0 Å². The highest BCUT2D eigenvalue weighted by Crippen LogP contribution is 2.65. The van der Waals surface area contributed by atoms with Crippen LogP contribution in [-0.2, 0) is 5.41 Å². The van der Waals surface area contributed by atoms with E-state index in [4.69, 9.17) is 9.98 Å². The average Bonchev–Trinajstić information content (AvgIpc) is 3.91. The molecule has 1 heterocycles. The lowest BCUT2D eigenvalue weighted by molar-refractivity contribution is 0.529. The molecule has 2 heteroatoms.